The molecule has 21 heavy (non-hydrogen) atoms. The van der Waals surface area contributed by atoms with Gasteiger partial charge >= 0.3 is 0 Å². The molecule has 0 amide bonds. The lowest BCUT2D eigenvalue weighted by molar-refractivity contribution is 0.414. The minimum Gasteiger partial charge on any atom is -0.497 e. The molecular weight excluding hydrogens is 258 g/mol. The molecule has 112 valence electrons. The molecule has 2 aromatic rings. The summed E-state index contributed by atoms with van der Waals surface area (Å²) in [7, 11) is 1.70. The summed E-state index contributed by atoms with van der Waals surface area (Å²) in [5, 5.41) is 0. The summed E-state index contributed by atoms with van der Waals surface area (Å²) < 4.78 is 5.22. The highest BCUT2D eigenvalue weighted by Crippen LogP contribution is 2.20. The molecule has 0 unspecified atom stereocenters. The second kappa shape index (κ2) is 7.16. The molecule has 0 atom stereocenters. The van der Waals surface area contributed by atoms with E-state index in [2.05, 4.69) is 62.1 Å². The van der Waals surface area contributed by atoms with Gasteiger partial charge in [0.15, 0.2) is 0 Å². The summed E-state index contributed by atoms with van der Waals surface area (Å²) >= 11 is 0. The Kier molecular flexibility index (Phi) is 5.26. The maximum Gasteiger partial charge on any atom is 0.118 e. The van der Waals surface area contributed by atoms with Crippen molar-refractivity contribution in [3.63, 3.8) is 0 Å². The average molecular weight is 283 g/mol. The van der Waals surface area contributed by atoms with Crippen LogP contribution in [0.15, 0.2) is 48.5 Å². The van der Waals surface area contributed by atoms with Crippen LogP contribution in [0, 0.1) is 12.8 Å². The lowest BCUT2D eigenvalue weighted by Crippen LogP contribution is -2.27. The smallest absolute Gasteiger partial charge is 0.118 e. The second-order valence-corrected chi connectivity index (χ2v) is 5.96. The predicted molar refractivity (Wildman–Crippen MR) is 90.1 cm³/mol. The molecule has 2 heteroatoms. The van der Waals surface area contributed by atoms with Crippen molar-refractivity contribution in [1.82, 2.24) is 0 Å². The Bertz CT molecular complexity index is 543. The van der Waals surface area contributed by atoms with E-state index in [1.807, 2.05) is 12.1 Å². The molecule has 0 fully saturated rings. The van der Waals surface area contributed by atoms with Gasteiger partial charge in [-0.15, -0.1) is 0 Å². The number of benzene rings is 2. The lowest BCUT2D eigenvalue weighted by atomic mass is 10.1. The molecule has 0 heterocycles. The Morgan fingerprint density at radius 2 is 1.57 bits per heavy atom. The third kappa shape index (κ3) is 4.52. The summed E-state index contributed by atoms with van der Waals surface area (Å²) in [4.78, 5) is 2.44. The van der Waals surface area contributed by atoms with Crippen LogP contribution >= 0.6 is 0 Å². The van der Waals surface area contributed by atoms with Crippen LogP contribution in [0.2, 0.25) is 0 Å². The first kappa shape index (κ1) is 15.4. The van der Waals surface area contributed by atoms with Crippen LogP contribution in [0.1, 0.15) is 25.0 Å². The van der Waals surface area contributed by atoms with Crippen LogP contribution in [-0.4, -0.2) is 13.7 Å². The summed E-state index contributed by atoms with van der Waals surface area (Å²) in [6, 6.07) is 17.1. The van der Waals surface area contributed by atoms with E-state index < -0.39 is 0 Å². The molecule has 2 aromatic carbocycles. The Hall–Kier alpha value is -1.96. The number of hydrogen-bond donors (Lipinski definition) is 0. The number of aryl methyl sites for hydroxylation is 1. The average Bonchev–Trinajstić information content (AvgIpc) is 2.48. The van der Waals surface area contributed by atoms with E-state index in [1.54, 1.807) is 7.11 Å². The van der Waals surface area contributed by atoms with Crippen LogP contribution in [-0.2, 0) is 6.54 Å². The number of hydrogen-bond acceptors (Lipinski definition) is 2. The van der Waals surface area contributed by atoms with Gasteiger partial charge in [-0.2, -0.15) is 0 Å². The molecular formula is C19H25NO. The van der Waals surface area contributed by atoms with Crippen molar-refractivity contribution < 1.29 is 4.74 Å². The number of ether oxygens (including phenoxy) is 1. The van der Waals surface area contributed by atoms with E-state index in [-0.39, 0.29) is 0 Å². The number of anilines is 1. The van der Waals surface area contributed by atoms with E-state index in [0.29, 0.717) is 5.92 Å². The van der Waals surface area contributed by atoms with E-state index >= 15 is 0 Å². The van der Waals surface area contributed by atoms with Crippen LogP contribution in [0.25, 0.3) is 0 Å². The second-order valence-electron chi connectivity index (χ2n) is 5.96. The first-order valence-electron chi connectivity index (χ1n) is 7.53. The highest BCUT2D eigenvalue weighted by atomic mass is 16.5. The molecule has 0 aliphatic rings. The monoisotopic (exact) mass is 283 g/mol. The largest absolute Gasteiger partial charge is 0.497 e. The molecule has 0 saturated heterocycles. The Morgan fingerprint density at radius 1 is 0.952 bits per heavy atom. The van der Waals surface area contributed by atoms with Crippen molar-refractivity contribution in [2.45, 2.75) is 27.3 Å². The normalized spacial score (nSPS) is 10.7. The summed E-state index contributed by atoms with van der Waals surface area (Å²) in [5.41, 5.74) is 3.88. The van der Waals surface area contributed by atoms with Crippen molar-refractivity contribution in [2.24, 2.45) is 5.92 Å². The summed E-state index contributed by atoms with van der Waals surface area (Å²) in [6.45, 7) is 8.62. The number of nitrogens with zero attached hydrogens (tertiary/aromatic N) is 1. The molecule has 2 nitrogen and oxygen atoms in total. The minimum absolute atomic E-state index is 0.629. The molecule has 0 aliphatic carbocycles. The van der Waals surface area contributed by atoms with Crippen molar-refractivity contribution in [1.29, 1.82) is 0 Å². The van der Waals surface area contributed by atoms with E-state index in [0.717, 1.165) is 18.8 Å². The van der Waals surface area contributed by atoms with Crippen LogP contribution in [0.5, 0.6) is 5.75 Å². The SMILES string of the molecule is COc1ccc(CN(CC(C)C)c2ccc(C)cc2)cc1. The molecule has 2 rings (SSSR count). The van der Waals surface area contributed by atoms with Gasteiger partial charge in [-0.1, -0.05) is 43.7 Å². The zero-order valence-electron chi connectivity index (χ0n) is 13.5. The van der Waals surface area contributed by atoms with Gasteiger partial charge in [0, 0.05) is 18.8 Å². The fourth-order valence-electron chi connectivity index (χ4n) is 2.41. The van der Waals surface area contributed by atoms with Gasteiger partial charge in [0.2, 0.25) is 0 Å². The fourth-order valence-corrected chi connectivity index (χ4v) is 2.41. The van der Waals surface area contributed by atoms with Crippen molar-refractivity contribution in [2.75, 3.05) is 18.6 Å². The highest BCUT2D eigenvalue weighted by molar-refractivity contribution is 5.48. The molecule has 0 saturated carbocycles. The Labute approximate surface area is 128 Å². The third-order valence-corrected chi connectivity index (χ3v) is 3.52. The van der Waals surface area contributed by atoms with Gasteiger partial charge in [0.05, 0.1) is 7.11 Å². The number of rotatable bonds is 6. The topological polar surface area (TPSA) is 12.5 Å². The molecule has 0 radical (unpaired) electrons. The van der Waals surface area contributed by atoms with Gasteiger partial charge in [0.1, 0.15) is 5.75 Å². The van der Waals surface area contributed by atoms with E-state index in [4.69, 9.17) is 4.74 Å². The first-order valence-corrected chi connectivity index (χ1v) is 7.53. The van der Waals surface area contributed by atoms with Crippen LogP contribution < -0.4 is 9.64 Å². The minimum atomic E-state index is 0.629. The van der Waals surface area contributed by atoms with Crippen LogP contribution in [0.3, 0.4) is 0 Å². The number of methoxy groups -OCH3 is 1. The van der Waals surface area contributed by atoms with Crippen molar-refractivity contribution >= 4 is 5.69 Å². The standard InChI is InChI=1S/C19H25NO/c1-15(2)13-20(18-9-5-16(3)6-10-18)14-17-7-11-19(21-4)12-8-17/h5-12,15H,13-14H2,1-4H3. The van der Waals surface area contributed by atoms with Gasteiger partial charge in [-0.25, -0.2) is 0 Å². The van der Waals surface area contributed by atoms with Gasteiger partial charge in [0.25, 0.3) is 0 Å². The summed E-state index contributed by atoms with van der Waals surface area (Å²) in [5.74, 6) is 1.54. The molecule has 0 aliphatic heterocycles. The lowest BCUT2D eigenvalue weighted by Gasteiger charge is -2.27. The predicted octanol–water partition coefficient (Wildman–Crippen LogP) is 4.67. The highest BCUT2D eigenvalue weighted by Gasteiger charge is 2.09. The molecule has 0 aromatic heterocycles. The molecule has 0 N–H and O–H groups in total. The quantitative estimate of drug-likeness (QED) is 0.764. The van der Waals surface area contributed by atoms with Gasteiger partial charge < -0.3 is 9.64 Å². The zero-order chi connectivity index (χ0) is 15.2. The fraction of sp³-hybridized carbons (Fsp3) is 0.368. The molecule has 0 bridgehead atoms. The van der Waals surface area contributed by atoms with Gasteiger partial charge in [-0.05, 0) is 42.7 Å². The third-order valence-electron chi connectivity index (χ3n) is 3.52. The molecule has 0 spiro atoms. The van der Waals surface area contributed by atoms with Gasteiger partial charge in [-0.3, -0.25) is 0 Å². The zero-order valence-corrected chi connectivity index (χ0v) is 13.5. The first-order chi connectivity index (χ1) is 10.1. The summed E-state index contributed by atoms with van der Waals surface area (Å²) in [6.07, 6.45) is 0. The van der Waals surface area contributed by atoms with E-state index in [9.17, 15) is 0 Å². The van der Waals surface area contributed by atoms with Crippen molar-refractivity contribution in [3.05, 3.63) is 59.7 Å². The Morgan fingerprint density at radius 3 is 2.10 bits per heavy atom. The maximum absolute atomic E-state index is 5.22. The maximum atomic E-state index is 5.22. The van der Waals surface area contributed by atoms with Crippen molar-refractivity contribution in [3.8, 4) is 5.75 Å². The Balaban J connectivity index is 2.17. The van der Waals surface area contributed by atoms with E-state index in [1.165, 1.54) is 16.8 Å². The van der Waals surface area contributed by atoms with Crippen LogP contribution in [0.4, 0.5) is 5.69 Å².